The number of hydrogen-bond acceptors (Lipinski definition) is 7. The van der Waals surface area contributed by atoms with Crippen LogP contribution in [0.1, 0.15) is 5.56 Å². The molecule has 1 N–H and O–H groups in total. The Morgan fingerprint density at radius 1 is 1.06 bits per heavy atom. The van der Waals surface area contributed by atoms with Crippen molar-refractivity contribution in [1.82, 2.24) is 14.5 Å². The third kappa shape index (κ3) is 6.07. The number of rotatable bonds is 9. The summed E-state index contributed by atoms with van der Waals surface area (Å²) in [5, 5.41) is 12.2. The van der Waals surface area contributed by atoms with Crippen molar-refractivity contribution in [2.24, 2.45) is 0 Å². The van der Waals surface area contributed by atoms with Crippen LogP contribution in [0.15, 0.2) is 65.2 Å². The molecule has 0 aromatic heterocycles. The molecule has 0 bridgehead atoms. The SMILES string of the molecule is COc1ccc(CCNC(=O)/C(C#N)=C\N2CCN(S(=O)(=O)c3ccccc3)CC2)cc1OC. The van der Waals surface area contributed by atoms with E-state index in [0.717, 1.165) is 5.56 Å². The quantitative estimate of drug-likeness (QED) is 0.426. The van der Waals surface area contributed by atoms with Gasteiger partial charge in [-0.3, -0.25) is 4.79 Å². The van der Waals surface area contributed by atoms with Crippen LogP contribution in [0, 0.1) is 11.3 Å². The first-order chi connectivity index (χ1) is 16.4. The Bertz CT molecular complexity index is 1170. The molecule has 2 aromatic rings. The number of carbonyl (C=O) groups is 1. The van der Waals surface area contributed by atoms with E-state index in [1.165, 1.54) is 10.5 Å². The van der Waals surface area contributed by atoms with Gasteiger partial charge < -0.3 is 19.7 Å². The zero-order valence-electron chi connectivity index (χ0n) is 19.2. The Morgan fingerprint density at radius 3 is 2.35 bits per heavy atom. The summed E-state index contributed by atoms with van der Waals surface area (Å²) in [7, 11) is -0.434. The Kier molecular flexibility index (Phi) is 8.51. The maximum absolute atomic E-state index is 12.8. The molecular weight excluding hydrogens is 456 g/mol. The van der Waals surface area contributed by atoms with Crippen molar-refractivity contribution in [2.45, 2.75) is 11.3 Å². The molecule has 1 heterocycles. The second-order valence-corrected chi connectivity index (χ2v) is 9.54. The van der Waals surface area contributed by atoms with Crippen molar-refractivity contribution >= 4 is 15.9 Å². The van der Waals surface area contributed by atoms with Gasteiger partial charge in [-0.2, -0.15) is 9.57 Å². The van der Waals surface area contributed by atoms with E-state index in [1.54, 1.807) is 55.5 Å². The van der Waals surface area contributed by atoms with Crippen LogP contribution < -0.4 is 14.8 Å². The summed E-state index contributed by atoms with van der Waals surface area (Å²) < 4.78 is 37.4. The van der Waals surface area contributed by atoms with Crippen LogP contribution in [0.3, 0.4) is 0 Å². The summed E-state index contributed by atoms with van der Waals surface area (Å²) in [6.07, 6.45) is 2.05. The molecule has 0 aliphatic carbocycles. The molecule has 1 fully saturated rings. The lowest BCUT2D eigenvalue weighted by atomic mass is 10.1. The van der Waals surface area contributed by atoms with Gasteiger partial charge in [0.25, 0.3) is 5.91 Å². The molecule has 34 heavy (non-hydrogen) atoms. The molecule has 0 atom stereocenters. The number of methoxy groups -OCH3 is 2. The smallest absolute Gasteiger partial charge is 0.263 e. The lowest BCUT2D eigenvalue weighted by molar-refractivity contribution is -0.117. The molecule has 0 radical (unpaired) electrons. The number of nitrogens with zero attached hydrogens (tertiary/aromatic N) is 3. The van der Waals surface area contributed by atoms with Gasteiger partial charge in [0.2, 0.25) is 10.0 Å². The minimum Gasteiger partial charge on any atom is -0.493 e. The van der Waals surface area contributed by atoms with Gasteiger partial charge in [-0.1, -0.05) is 24.3 Å². The van der Waals surface area contributed by atoms with Crippen molar-refractivity contribution in [1.29, 1.82) is 5.26 Å². The first kappa shape index (κ1) is 25.1. The maximum atomic E-state index is 12.8. The number of ether oxygens (including phenoxy) is 2. The second-order valence-electron chi connectivity index (χ2n) is 7.60. The highest BCUT2D eigenvalue weighted by molar-refractivity contribution is 7.89. The Morgan fingerprint density at radius 2 is 1.74 bits per heavy atom. The monoisotopic (exact) mass is 484 g/mol. The fourth-order valence-corrected chi connectivity index (χ4v) is 5.03. The molecule has 9 nitrogen and oxygen atoms in total. The molecule has 0 spiro atoms. The average Bonchev–Trinajstić information content (AvgIpc) is 2.87. The van der Waals surface area contributed by atoms with Gasteiger partial charge in [0.05, 0.1) is 19.1 Å². The number of piperazine rings is 1. The minimum absolute atomic E-state index is 0.0216. The van der Waals surface area contributed by atoms with Gasteiger partial charge in [0, 0.05) is 38.9 Å². The van der Waals surface area contributed by atoms with E-state index in [2.05, 4.69) is 5.32 Å². The van der Waals surface area contributed by atoms with Crippen LogP contribution in [0.4, 0.5) is 0 Å². The van der Waals surface area contributed by atoms with E-state index >= 15 is 0 Å². The molecule has 1 aliphatic heterocycles. The molecule has 180 valence electrons. The van der Waals surface area contributed by atoms with Gasteiger partial charge in [0.15, 0.2) is 11.5 Å². The van der Waals surface area contributed by atoms with Crippen LogP contribution in [-0.2, 0) is 21.2 Å². The third-order valence-corrected chi connectivity index (χ3v) is 7.39. The van der Waals surface area contributed by atoms with Crippen LogP contribution in [-0.4, -0.2) is 70.5 Å². The Labute approximate surface area is 200 Å². The first-order valence-corrected chi connectivity index (χ1v) is 12.2. The lowest BCUT2D eigenvalue weighted by Gasteiger charge is -2.33. The van der Waals surface area contributed by atoms with Gasteiger partial charge in [-0.25, -0.2) is 8.42 Å². The summed E-state index contributed by atoms with van der Waals surface area (Å²) in [4.78, 5) is 14.5. The van der Waals surface area contributed by atoms with E-state index in [1.807, 2.05) is 18.2 Å². The van der Waals surface area contributed by atoms with E-state index < -0.39 is 15.9 Å². The molecule has 0 unspecified atom stereocenters. The van der Waals surface area contributed by atoms with Crippen molar-refractivity contribution in [2.75, 3.05) is 46.9 Å². The lowest BCUT2D eigenvalue weighted by Crippen LogP contribution is -2.47. The highest BCUT2D eigenvalue weighted by Crippen LogP contribution is 2.27. The molecule has 3 rings (SSSR count). The molecule has 1 aliphatic rings. The number of sulfonamides is 1. The van der Waals surface area contributed by atoms with Crippen molar-refractivity contribution < 1.29 is 22.7 Å². The van der Waals surface area contributed by atoms with E-state index in [-0.39, 0.29) is 23.6 Å². The Balaban J connectivity index is 1.53. The maximum Gasteiger partial charge on any atom is 0.263 e. The van der Waals surface area contributed by atoms with Crippen LogP contribution in [0.2, 0.25) is 0 Å². The van der Waals surface area contributed by atoms with E-state index in [9.17, 15) is 18.5 Å². The first-order valence-electron chi connectivity index (χ1n) is 10.8. The Hall–Kier alpha value is -3.55. The highest BCUT2D eigenvalue weighted by atomic mass is 32.2. The van der Waals surface area contributed by atoms with Crippen LogP contribution in [0.5, 0.6) is 11.5 Å². The van der Waals surface area contributed by atoms with E-state index in [4.69, 9.17) is 9.47 Å². The number of amides is 1. The normalized spacial score (nSPS) is 14.9. The predicted octanol–water partition coefficient (Wildman–Crippen LogP) is 1.78. The molecule has 10 heteroatoms. The predicted molar refractivity (Wildman–Crippen MR) is 127 cm³/mol. The summed E-state index contributed by atoms with van der Waals surface area (Å²) in [5.41, 5.74) is 0.933. The molecular formula is C24H28N4O5S. The summed E-state index contributed by atoms with van der Waals surface area (Å²) in [6.45, 7) is 1.66. The molecule has 1 amide bonds. The summed E-state index contributed by atoms with van der Waals surface area (Å²) in [5.74, 6) is 0.765. The standard InChI is InChI=1S/C24H28N4O5S/c1-32-22-9-8-19(16-23(22)33-2)10-11-26-24(29)20(17-25)18-27-12-14-28(15-13-27)34(30,31)21-6-4-3-5-7-21/h3-9,16,18H,10-15H2,1-2H3,(H,26,29)/b20-18-. The van der Waals surface area contributed by atoms with Gasteiger partial charge >= 0.3 is 0 Å². The average molecular weight is 485 g/mol. The fraction of sp³-hybridized carbons (Fsp3) is 0.333. The molecule has 0 saturated carbocycles. The van der Waals surface area contributed by atoms with Crippen molar-refractivity contribution in [3.8, 4) is 17.6 Å². The largest absolute Gasteiger partial charge is 0.493 e. The van der Waals surface area contributed by atoms with Crippen LogP contribution in [0.25, 0.3) is 0 Å². The highest BCUT2D eigenvalue weighted by Gasteiger charge is 2.28. The zero-order valence-corrected chi connectivity index (χ0v) is 20.0. The number of benzene rings is 2. The second kappa shape index (κ2) is 11.5. The topological polar surface area (TPSA) is 112 Å². The van der Waals surface area contributed by atoms with Gasteiger partial charge in [0.1, 0.15) is 11.6 Å². The van der Waals surface area contributed by atoms with Gasteiger partial charge in [-0.15, -0.1) is 0 Å². The molecule has 2 aromatic carbocycles. The van der Waals surface area contributed by atoms with Gasteiger partial charge in [-0.05, 0) is 36.2 Å². The van der Waals surface area contributed by atoms with Crippen molar-refractivity contribution in [3.63, 3.8) is 0 Å². The third-order valence-electron chi connectivity index (χ3n) is 5.48. The number of hydrogen-bond donors (Lipinski definition) is 1. The van der Waals surface area contributed by atoms with Crippen molar-refractivity contribution in [3.05, 3.63) is 65.9 Å². The summed E-state index contributed by atoms with van der Waals surface area (Å²) >= 11 is 0. The zero-order chi connectivity index (χ0) is 24.6. The van der Waals surface area contributed by atoms with Crippen LogP contribution >= 0.6 is 0 Å². The number of carbonyl (C=O) groups excluding carboxylic acids is 1. The fourth-order valence-electron chi connectivity index (χ4n) is 3.59. The summed E-state index contributed by atoms with van der Waals surface area (Å²) in [6, 6.07) is 15.8. The minimum atomic E-state index is -3.56. The number of nitriles is 1. The molecule has 1 saturated heterocycles. The number of nitrogens with one attached hydrogen (secondary N) is 1. The van der Waals surface area contributed by atoms with E-state index in [0.29, 0.717) is 37.6 Å².